The van der Waals surface area contributed by atoms with Gasteiger partial charge in [-0.25, -0.2) is 13.1 Å². The summed E-state index contributed by atoms with van der Waals surface area (Å²) in [6.45, 7) is 0. The summed E-state index contributed by atoms with van der Waals surface area (Å²) in [6.07, 6.45) is 0. The van der Waals surface area contributed by atoms with Crippen LogP contribution in [0.3, 0.4) is 0 Å². The third kappa shape index (κ3) is 4.12. The summed E-state index contributed by atoms with van der Waals surface area (Å²) < 4.78 is 35.7. The topological polar surface area (TPSA) is 82.2 Å². The minimum atomic E-state index is -4.19. The molecule has 6 rings (SSSR count). The quantitative estimate of drug-likeness (QED) is 0.213. The Labute approximate surface area is 223 Å². The number of para-hydroxylation sites is 1. The minimum Gasteiger partial charge on any atom is -0.453 e. The number of carbonyl (C=O) groups is 1. The van der Waals surface area contributed by atoms with Gasteiger partial charge in [0.2, 0.25) is 15.6 Å². The number of benzene rings is 4. The van der Waals surface area contributed by atoms with Crippen molar-refractivity contribution in [3.8, 4) is 16.9 Å². The number of hydrogen-bond donors (Lipinski definition) is 0. The van der Waals surface area contributed by atoms with E-state index in [-0.39, 0.29) is 26.9 Å². The highest BCUT2D eigenvalue weighted by Gasteiger charge is 2.36. The third-order valence-electron chi connectivity index (χ3n) is 6.13. The van der Waals surface area contributed by atoms with E-state index in [2.05, 4.69) is 5.10 Å². The molecule has 0 N–H and O–H groups in total. The van der Waals surface area contributed by atoms with Crippen LogP contribution in [0.2, 0.25) is 5.02 Å². The zero-order valence-electron chi connectivity index (χ0n) is 19.8. The smallest absolute Gasteiger partial charge is 0.249 e. The monoisotopic (exact) mass is 538 g/mol. The lowest BCUT2D eigenvalue weighted by Crippen LogP contribution is -2.10. The first-order valence-corrected chi connectivity index (χ1v) is 13.6. The highest BCUT2D eigenvalue weighted by Crippen LogP contribution is 2.37. The molecule has 0 spiro atoms. The fourth-order valence-corrected chi connectivity index (χ4v) is 6.15. The maximum Gasteiger partial charge on any atom is 0.249 e. The van der Waals surface area contributed by atoms with E-state index in [1.165, 1.54) is 16.8 Å². The second kappa shape index (κ2) is 9.45. The van der Waals surface area contributed by atoms with Crippen molar-refractivity contribution >= 4 is 38.2 Å². The first-order chi connectivity index (χ1) is 18.4. The summed E-state index contributed by atoms with van der Waals surface area (Å²) in [5, 5.41) is 5.73. The lowest BCUT2D eigenvalue weighted by atomic mass is 10.1. The first kappa shape index (κ1) is 23.9. The molecule has 0 aliphatic rings. The zero-order chi connectivity index (χ0) is 26.3. The van der Waals surface area contributed by atoms with Crippen LogP contribution in [0.5, 0.6) is 0 Å². The standard InChI is InChI=1S/C30H19ClN2O4S/c31-22-16-17-25-21(18-22)19-26(37-25)29(34)27-30(38(35,36)24-14-8-3-9-15-24)28(20-10-4-1-5-11-20)33(32-27)23-12-6-2-7-13-23/h1-19H. The molecule has 0 unspecified atom stereocenters. The van der Waals surface area contributed by atoms with E-state index in [9.17, 15) is 13.2 Å². The van der Waals surface area contributed by atoms with Crippen LogP contribution in [-0.4, -0.2) is 24.0 Å². The Morgan fingerprint density at radius 3 is 2.11 bits per heavy atom. The molecule has 8 heteroatoms. The molecule has 38 heavy (non-hydrogen) atoms. The molecule has 0 amide bonds. The lowest BCUT2D eigenvalue weighted by Gasteiger charge is -2.11. The summed E-state index contributed by atoms with van der Waals surface area (Å²) in [5.41, 5.74) is 1.70. The molecule has 0 atom stereocenters. The van der Waals surface area contributed by atoms with Crippen molar-refractivity contribution in [2.24, 2.45) is 0 Å². The van der Waals surface area contributed by atoms with Crippen LogP contribution in [0.1, 0.15) is 16.2 Å². The predicted molar refractivity (Wildman–Crippen MR) is 146 cm³/mol. The number of sulfone groups is 1. The maximum absolute atomic E-state index is 14.2. The largest absolute Gasteiger partial charge is 0.453 e. The van der Waals surface area contributed by atoms with Crippen LogP contribution in [0.4, 0.5) is 0 Å². The summed E-state index contributed by atoms with van der Waals surface area (Å²) in [6, 6.07) is 32.7. The van der Waals surface area contributed by atoms with E-state index in [4.69, 9.17) is 16.0 Å². The predicted octanol–water partition coefficient (Wildman–Crippen LogP) is 7.00. The van der Waals surface area contributed by atoms with Gasteiger partial charge in [-0.1, -0.05) is 78.3 Å². The van der Waals surface area contributed by atoms with Gasteiger partial charge in [0, 0.05) is 16.0 Å². The molecule has 6 nitrogen and oxygen atoms in total. The van der Waals surface area contributed by atoms with E-state index < -0.39 is 15.6 Å². The van der Waals surface area contributed by atoms with Crippen molar-refractivity contribution < 1.29 is 17.6 Å². The van der Waals surface area contributed by atoms with Crippen molar-refractivity contribution in [3.63, 3.8) is 0 Å². The summed E-state index contributed by atoms with van der Waals surface area (Å²) in [7, 11) is -4.19. The fourth-order valence-electron chi connectivity index (χ4n) is 4.37. The van der Waals surface area contributed by atoms with Gasteiger partial charge in [0.25, 0.3) is 0 Å². The molecule has 4 aromatic carbocycles. The number of ketones is 1. The number of hydrogen-bond acceptors (Lipinski definition) is 5. The highest BCUT2D eigenvalue weighted by atomic mass is 35.5. The highest BCUT2D eigenvalue weighted by molar-refractivity contribution is 7.91. The Balaban J connectivity index is 1.68. The van der Waals surface area contributed by atoms with Gasteiger partial charge in [-0.3, -0.25) is 4.79 Å². The third-order valence-corrected chi connectivity index (χ3v) is 8.18. The van der Waals surface area contributed by atoms with Gasteiger partial charge in [0.15, 0.2) is 11.5 Å². The normalized spacial score (nSPS) is 11.6. The van der Waals surface area contributed by atoms with E-state index in [0.717, 1.165) is 0 Å². The number of fused-ring (bicyclic) bond motifs is 1. The van der Waals surface area contributed by atoms with Crippen LogP contribution < -0.4 is 0 Å². The number of rotatable bonds is 6. The van der Waals surface area contributed by atoms with Crippen molar-refractivity contribution in [2.75, 3.05) is 0 Å². The molecule has 6 aromatic rings. The van der Waals surface area contributed by atoms with E-state index in [1.54, 1.807) is 78.9 Å². The molecule has 0 bridgehead atoms. The Morgan fingerprint density at radius 2 is 1.42 bits per heavy atom. The second-order valence-corrected chi connectivity index (χ2v) is 10.9. The molecule has 0 aliphatic carbocycles. The molecule has 0 saturated carbocycles. The van der Waals surface area contributed by atoms with Crippen molar-refractivity contribution in [3.05, 3.63) is 132 Å². The van der Waals surface area contributed by atoms with Gasteiger partial charge in [-0.2, -0.15) is 5.10 Å². The van der Waals surface area contributed by atoms with Crippen molar-refractivity contribution in [1.82, 2.24) is 9.78 Å². The van der Waals surface area contributed by atoms with Crippen LogP contribution in [-0.2, 0) is 9.84 Å². The van der Waals surface area contributed by atoms with E-state index in [0.29, 0.717) is 27.2 Å². The van der Waals surface area contributed by atoms with Gasteiger partial charge in [0.05, 0.1) is 16.3 Å². The van der Waals surface area contributed by atoms with Crippen LogP contribution in [0.25, 0.3) is 27.9 Å². The van der Waals surface area contributed by atoms with Gasteiger partial charge >= 0.3 is 0 Å². The molecule has 2 heterocycles. The summed E-state index contributed by atoms with van der Waals surface area (Å²) >= 11 is 6.12. The molecule has 0 fully saturated rings. The molecule has 0 aliphatic heterocycles. The minimum absolute atomic E-state index is 0.0379. The van der Waals surface area contributed by atoms with Crippen LogP contribution in [0, 0.1) is 0 Å². The Hall–Kier alpha value is -4.46. The average molecular weight is 539 g/mol. The molecule has 0 radical (unpaired) electrons. The molecule has 186 valence electrons. The maximum atomic E-state index is 14.2. The molecular weight excluding hydrogens is 520 g/mol. The Kier molecular flexibility index (Phi) is 5.94. The molecule has 0 saturated heterocycles. The van der Waals surface area contributed by atoms with Gasteiger partial charge in [-0.05, 0) is 48.5 Å². The van der Waals surface area contributed by atoms with Gasteiger partial charge in [0.1, 0.15) is 10.5 Å². The summed E-state index contributed by atoms with van der Waals surface area (Å²) in [4.78, 5) is 13.8. The Bertz CT molecular complexity index is 1900. The van der Waals surface area contributed by atoms with Crippen molar-refractivity contribution in [1.29, 1.82) is 0 Å². The zero-order valence-corrected chi connectivity index (χ0v) is 21.4. The number of carbonyl (C=O) groups excluding carboxylic acids is 1. The number of aromatic nitrogens is 2. The average Bonchev–Trinajstić information content (AvgIpc) is 3.57. The number of nitrogens with zero attached hydrogens (tertiary/aromatic N) is 2. The van der Waals surface area contributed by atoms with Crippen molar-refractivity contribution in [2.45, 2.75) is 9.79 Å². The SMILES string of the molecule is O=C(c1cc2cc(Cl)ccc2o1)c1nn(-c2ccccc2)c(-c2ccccc2)c1S(=O)(=O)c1ccccc1. The fraction of sp³-hybridized carbons (Fsp3) is 0. The van der Waals surface area contributed by atoms with E-state index >= 15 is 0 Å². The van der Waals surface area contributed by atoms with Crippen LogP contribution >= 0.6 is 11.6 Å². The second-order valence-electron chi connectivity index (χ2n) is 8.58. The van der Waals surface area contributed by atoms with Gasteiger partial charge in [-0.15, -0.1) is 0 Å². The lowest BCUT2D eigenvalue weighted by molar-refractivity contribution is 0.100. The first-order valence-electron chi connectivity index (χ1n) is 11.7. The molecule has 2 aromatic heterocycles. The summed E-state index contributed by atoms with van der Waals surface area (Å²) in [5.74, 6) is -0.692. The van der Waals surface area contributed by atoms with Gasteiger partial charge < -0.3 is 4.42 Å². The number of furan rings is 1. The Morgan fingerprint density at radius 1 is 0.789 bits per heavy atom. The number of halogens is 1. The van der Waals surface area contributed by atoms with Crippen LogP contribution in [0.15, 0.2) is 129 Å². The molecular formula is C30H19ClN2O4S. The van der Waals surface area contributed by atoms with E-state index in [1.807, 2.05) is 24.3 Å².